The number of rotatable bonds is 9. The number of carbonyl (C=O) groups excluding carboxylic acids is 1. The van der Waals surface area contributed by atoms with Crippen LogP contribution in [0.3, 0.4) is 0 Å². The van der Waals surface area contributed by atoms with E-state index in [0.717, 1.165) is 10.9 Å². The lowest BCUT2D eigenvalue weighted by molar-refractivity contribution is 0.107. The third-order valence-electron chi connectivity index (χ3n) is 4.41. The van der Waals surface area contributed by atoms with Crippen LogP contribution in [0.1, 0.15) is 5.56 Å². The number of hydrogen-bond donors (Lipinski definition) is 4. The van der Waals surface area contributed by atoms with Crippen molar-refractivity contribution in [1.82, 2.24) is 10.6 Å². The first-order valence-electron chi connectivity index (χ1n) is 9.77. The fourth-order valence-electron chi connectivity index (χ4n) is 2.91. The van der Waals surface area contributed by atoms with Crippen LogP contribution in [0, 0.1) is 6.92 Å². The summed E-state index contributed by atoms with van der Waals surface area (Å²) in [5.74, 6) is 0.572. The molecule has 1 aromatic heterocycles. The lowest BCUT2D eigenvalue weighted by atomic mass is 10.1. The second-order valence-corrected chi connectivity index (χ2v) is 7.40. The molecule has 3 rings (SSSR count). The molecule has 1 heterocycles. The molecule has 0 fully saturated rings. The molecule has 0 saturated carbocycles. The molecular formula is C22H24ClN3O5. The minimum Gasteiger partial charge on any atom is -0.491 e. The number of benzene rings is 2. The summed E-state index contributed by atoms with van der Waals surface area (Å²) in [5.41, 5.74) is 1.51. The predicted molar refractivity (Wildman–Crippen MR) is 120 cm³/mol. The van der Waals surface area contributed by atoms with E-state index in [-0.39, 0.29) is 12.6 Å². The summed E-state index contributed by atoms with van der Waals surface area (Å²) in [6.45, 7) is 3.09. The van der Waals surface area contributed by atoms with E-state index in [2.05, 4.69) is 16.0 Å². The Kier molecular flexibility index (Phi) is 7.88. The molecule has 2 aromatic carbocycles. The van der Waals surface area contributed by atoms with E-state index in [0.29, 0.717) is 41.7 Å². The van der Waals surface area contributed by atoms with Gasteiger partial charge in [-0.3, -0.25) is 0 Å². The second kappa shape index (κ2) is 10.8. The Labute approximate surface area is 184 Å². The SMILES string of the molecule is Cc1cc(=O)oc2ccc(OCC(O)CNCCNC(=O)Nc3cccc(Cl)c3)cc12. The number of carbonyl (C=O) groups is 1. The molecule has 0 aliphatic heterocycles. The van der Waals surface area contributed by atoms with Crippen LogP contribution < -0.4 is 26.3 Å². The van der Waals surface area contributed by atoms with Crippen LogP contribution in [0.4, 0.5) is 10.5 Å². The highest BCUT2D eigenvalue weighted by Crippen LogP contribution is 2.22. The average molecular weight is 446 g/mol. The fraction of sp³-hybridized carbons (Fsp3) is 0.273. The molecule has 0 radical (unpaired) electrons. The van der Waals surface area contributed by atoms with Crippen molar-refractivity contribution in [3.63, 3.8) is 0 Å². The Morgan fingerprint density at radius 1 is 1.19 bits per heavy atom. The van der Waals surface area contributed by atoms with Crippen molar-refractivity contribution >= 4 is 34.3 Å². The largest absolute Gasteiger partial charge is 0.491 e. The number of ether oxygens (including phenoxy) is 1. The van der Waals surface area contributed by atoms with Crippen LogP contribution in [0.25, 0.3) is 11.0 Å². The number of urea groups is 1. The van der Waals surface area contributed by atoms with Crippen molar-refractivity contribution in [2.24, 2.45) is 0 Å². The minimum absolute atomic E-state index is 0.0943. The van der Waals surface area contributed by atoms with Crippen molar-refractivity contribution in [3.8, 4) is 5.75 Å². The Hall–Kier alpha value is -3.07. The molecular weight excluding hydrogens is 422 g/mol. The van der Waals surface area contributed by atoms with Crippen molar-refractivity contribution in [3.05, 3.63) is 69.5 Å². The van der Waals surface area contributed by atoms with E-state index < -0.39 is 11.7 Å². The lowest BCUT2D eigenvalue weighted by Crippen LogP contribution is -2.38. The van der Waals surface area contributed by atoms with Gasteiger partial charge in [0.15, 0.2) is 0 Å². The maximum Gasteiger partial charge on any atom is 0.336 e. The van der Waals surface area contributed by atoms with Gasteiger partial charge < -0.3 is 30.2 Å². The predicted octanol–water partition coefficient (Wildman–Crippen LogP) is 2.91. The number of amides is 2. The number of halogens is 1. The summed E-state index contributed by atoms with van der Waals surface area (Å²) in [6, 6.07) is 13.1. The highest BCUT2D eigenvalue weighted by Gasteiger charge is 2.08. The molecule has 0 bridgehead atoms. The number of nitrogens with one attached hydrogen (secondary N) is 3. The van der Waals surface area contributed by atoms with Gasteiger partial charge >= 0.3 is 11.7 Å². The fourth-order valence-corrected chi connectivity index (χ4v) is 3.10. The Bertz CT molecular complexity index is 1100. The van der Waals surface area contributed by atoms with E-state index in [9.17, 15) is 14.7 Å². The van der Waals surface area contributed by atoms with Crippen LogP contribution in [-0.4, -0.2) is 43.5 Å². The van der Waals surface area contributed by atoms with Crippen LogP contribution in [0.5, 0.6) is 5.75 Å². The molecule has 1 unspecified atom stereocenters. The first kappa shape index (κ1) is 22.6. The smallest absolute Gasteiger partial charge is 0.336 e. The van der Waals surface area contributed by atoms with Gasteiger partial charge in [-0.1, -0.05) is 17.7 Å². The maximum atomic E-state index is 11.8. The number of aryl methyl sites for hydroxylation is 1. The molecule has 0 saturated heterocycles. The lowest BCUT2D eigenvalue weighted by Gasteiger charge is -2.14. The molecule has 4 N–H and O–H groups in total. The Morgan fingerprint density at radius 2 is 2.03 bits per heavy atom. The molecule has 0 aliphatic carbocycles. The molecule has 2 amide bonds. The standard InChI is InChI=1S/C22H24ClN3O5/c1-14-9-21(28)31-20-6-5-18(11-19(14)20)30-13-17(27)12-24-7-8-25-22(29)26-16-4-2-3-15(23)10-16/h2-6,9-11,17,24,27H,7-8,12-13H2,1H3,(H2,25,26,29). The summed E-state index contributed by atoms with van der Waals surface area (Å²) >= 11 is 5.88. The van der Waals surface area contributed by atoms with Crippen molar-refractivity contribution in [1.29, 1.82) is 0 Å². The van der Waals surface area contributed by atoms with Crippen LogP contribution >= 0.6 is 11.6 Å². The highest BCUT2D eigenvalue weighted by molar-refractivity contribution is 6.30. The number of aliphatic hydroxyl groups is 1. The Balaban J connectivity index is 1.34. The quantitative estimate of drug-likeness (QED) is 0.297. The molecule has 0 aliphatic rings. The third-order valence-corrected chi connectivity index (χ3v) is 4.65. The topological polar surface area (TPSA) is 113 Å². The normalized spacial score (nSPS) is 11.8. The van der Waals surface area contributed by atoms with Gasteiger partial charge in [-0.15, -0.1) is 0 Å². The van der Waals surface area contributed by atoms with E-state index in [1.165, 1.54) is 6.07 Å². The molecule has 0 spiro atoms. The summed E-state index contributed by atoms with van der Waals surface area (Å²) in [6.07, 6.45) is -0.731. The van der Waals surface area contributed by atoms with E-state index in [1.807, 2.05) is 6.92 Å². The van der Waals surface area contributed by atoms with E-state index >= 15 is 0 Å². The first-order chi connectivity index (χ1) is 14.9. The van der Waals surface area contributed by atoms with Crippen LogP contribution in [-0.2, 0) is 0 Å². The zero-order valence-corrected chi connectivity index (χ0v) is 17.7. The van der Waals surface area contributed by atoms with Crippen molar-refractivity contribution < 1.29 is 19.1 Å². The van der Waals surface area contributed by atoms with Gasteiger partial charge in [0.05, 0.1) is 0 Å². The zero-order chi connectivity index (χ0) is 22.2. The van der Waals surface area contributed by atoms with E-state index in [4.69, 9.17) is 20.8 Å². The molecule has 1 atom stereocenters. The van der Waals surface area contributed by atoms with Gasteiger partial charge in [-0.2, -0.15) is 0 Å². The number of hydrogen-bond acceptors (Lipinski definition) is 6. The van der Waals surface area contributed by atoms with Gasteiger partial charge in [0, 0.05) is 41.8 Å². The van der Waals surface area contributed by atoms with Gasteiger partial charge in [0.2, 0.25) is 0 Å². The summed E-state index contributed by atoms with van der Waals surface area (Å²) in [5, 5.41) is 19.9. The second-order valence-electron chi connectivity index (χ2n) is 6.97. The molecule has 31 heavy (non-hydrogen) atoms. The molecule has 164 valence electrons. The van der Waals surface area contributed by atoms with Crippen LogP contribution in [0.2, 0.25) is 5.02 Å². The van der Waals surface area contributed by atoms with E-state index in [1.54, 1.807) is 42.5 Å². The molecule has 3 aromatic rings. The van der Waals surface area contributed by atoms with Gasteiger partial charge in [-0.25, -0.2) is 9.59 Å². The summed E-state index contributed by atoms with van der Waals surface area (Å²) in [4.78, 5) is 23.2. The van der Waals surface area contributed by atoms with Gasteiger partial charge in [-0.05, 0) is 48.9 Å². The van der Waals surface area contributed by atoms with Crippen molar-refractivity contribution in [2.45, 2.75) is 13.0 Å². The molecule has 9 heteroatoms. The molecule has 8 nitrogen and oxygen atoms in total. The zero-order valence-electron chi connectivity index (χ0n) is 17.0. The summed E-state index contributed by atoms with van der Waals surface area (Å²) < 4.78 is 10.8. The number of anilines is 1. The average Bonchev–Trinajstić information content (AvgIpc) is 2.72. The summed E-state index contributed by atoms with van der Waals surface area (Å²) in [7, 11) is 0. The number of aliphatic hydroxyl groups excluding tert-OH is 1. The first-order valence-corrected chi connectivity index (χ1v) is 10.1. The Morgan fingerprint density at radius 3 is 2.84 bits per heavy atom. The number of fused-ring (bicyclic) bond motifs is 1. The van der Waals surface area contributed by atoms with Gasteiger partial charge in [0.25, 0.3) is 0 Å². The van der Waals surface area contributed by atoms with Crippen LogP contribution in [0.15, 0.2) is 57.7 Å². The maximum absolute atomic E-state index is 11.8. The highest BCUT2D eigenvalue weighted by atomic mass is 35.5. The van der Waals surface area contributed by atoms with Crippen molar-refractivity contribution in [2.75, 3.05) is 31.6 Å². The minimum atomic E-state index is -0.731. The monoisotopic (exact) mass is 445 g/mol. The van der Waals surface area contributed by atoms with Gasteiger partial charge in [0.1, 0.15) is 24.0 Å². The third kappa shape index (κ3) is 6.99.